The topological polar surface area (TPSA) is 55.1 Å². The van der Waals surface area contributed by atoms with Crippen LogP contribution in [0, 0.1) is 11.8 Å². The Labute approximate surface area is 106 Å². The van der Waals surface area contributed by atoms with Crippen molar-refractivity contribution >= 4 is 5.91 Å². The predicted octanol–water partition coefficient (Wildman–Crippen LogP) is 2.45. The van der Waals surface area contributed by atoms with Crippen LogP contribution in [0.25, 0.3) is 0 Å². The van der Waals surface area contributed by atoms with E-state index in [1.807, 2.05) is 13.8 Å². The fourth-order valence-corrected chi connectivity index (χ4v) is 2.53. The van der Waals surface area contributed by atoms with E-state index in [1.165, 1.54) is 25.7 Å². The Morgan fingerprint density at radius 1 is 1.41 bits per heavy atom. The molecule has 0 radical (unpaired) electrons. The lowest BCUT2D eigenvalue weighted by atomic mass is 9.82. The molecule has 3 heteroatoms. The average Bonchev–Trinajstić information content (AvgIpc) is 2.23. The van der Waals surface area contributed by atoms with Gasteiger partial charge in [0.15, 0.2) is 0 Å². The maximum Gasteiger partial charge on any atom is 0.220 e. The van der Waals surface area contributed by atoms with Gasteiger partial charge in [0.1, 0.15) is 0 Å². The SMILES string of the molecule is CC1CCCC(CNC(=O)CCC(C)(C)N)C1. The molecule has 0 spiro atoms. The first-order valence-electron chi connectivity index (χ1n) is 6.92. The van der Waals surface area contributed by atoms with E-state index in [2.05, 4.69) is 12.2 Å². The molecule has 17 heavy (non-hydrogen) atoms. The molecule has 100 valence electrons. The van der Waals surface area contributed by atoms with Crippen molar-refractivity contribution in [1.29, 1.82) is 0 Å². The summed E-state index contributed by atoms with van der Waals surface area (Å²) in [4.78, 5) is 11.6. The van der Waals surface area contributed by atoms with Crippen molar-refractivity contribution in [2.75, 3.05) is 6.54 Å². The summed E-state index contributed by atoms with van der Waals surface area (Å²) in [5.74, 6) is 1.67. The molecular formula is C14H28N2O. The third kappa shape index (κ3) is 6.67. The molecule has 1 fully saturated rings. The minimum absolute atomic E-state index is 0.154. The predicted molar refractivity (Wildman–Crippen MR) is 71.6 cm³/mol. The van der Waals surface area contributed by atoms with E-state index in [9.17, 15) is 4.79 Å². The number of amides is 1. The van der Waals surface area contributed by atoms with Gasteiger partial charge in [0.05, 0.1) is 0 Å². The molecule has 1 amide bonds. The van der Waals surface area contributed by atoms with Gasteiger partial charge in [0.25, 0.3) is 0 Å². The van der Waals surface area contributed by atoms with Gasteiger partial charge in [-0.05, 0) is 44.9 Å². The fourth-order valence-electron chi connectivity index (χ4n) is 2.53. The van der Waals surface area contributed by atoms with Crippen LogP contribution in [0.15, 0.2) is 0 Å². The molecule has 1 saturated carbocycles. The first-order chi connectivity index (χ1) is 7.87. The number of rotatable bonds is 5. The quantitative estimate of drug-likeness (QED) is 0.775. The van der Waals surface area contributed by atoms with Crippen LogP contribution in [0.3, 0.4) is 0 Å². The molecule has 0 heterocycles. The Kier molecular flexibility index (Phi) is 5.44. The molecule has 1 aliphatic rings. The number of carbonyl (C=O) groups excluding carboxylic acids is 1. The van der Waals surface area contributed by atoms with Crippen molar-refractivity contribution in [3.8, 4) is 0 Å². The van der Waals surface area contributed by atoms with E-state index in [0.29, 0.717) is 12.3 Å². The molecular weight excluding hydrogens is 212 g/mol. The summed E-state index contributed by atoms with van der Waals surface area (Å²) in [6.45, 7) is 7.09. The van der Waals surface area contributed by atoms with Crippen LogP contribution in [-0.4, -0.2) is 18.0 Å². The molecule has 0 aromatic heterocycles. The fraction of sp³-hybridized carbons (Fsp3) is 0.929. The molecule has 1 rings (SSSR count). The van der Waals surface area contributed by atoms with Gasteiger partial charge in [-0.25, -0.2) is 0 Å². The van der Waals surface area contributed by atoms with E-state index in [-0.39, 0.29) is 11.4 Å². The zero-order valence-corrected chi connectivity index (χ0v) is 11.6. The molecule has 2 unspecified atom stereocenters. The zero-order chi connectivity index (χ0) is 12.9. The van der Waals surface area contributed by atoms with Crippen molar-refractivity contribution in [3.05, 3.63) is 0 Å². The van der Waals surface area contributed by atoms with E-state index in [4.69, 9.17) is 5.73 Å². The summed E-state index contributed by atoms with van der Waals surface area (Å²) >= 11 is 0. The van der Waals surface area contributed by atoms with Gasteiger partial charge < -0.3 is 11.1 Å². The lowest BCUT2D eigenvalue weighted by molar-refractivity contribution is -0.121. The summed E-state index contributed by atoms with van der Waals surface area (Å²) in [5.41, 5.74) is 5.62. The number of hydrogen-bond acceptors (Lipinski definition) is 2. The lowest BCUT2D eigenvalue weighted by Gasteiger charge is -2.27. The maximum absolute atomic E-state index is 11.6. The van der Waals surface area contributed by atoms with Gasteiger partial charge in [-0.2, -0.15) is 0 Å². The van der Waals surface area contributed by atoms with Crippen LogP contribution < -0.4 is 11.1 Å². The van der Waals surface area contributed by atoms with E-state index < -0.39 is 0 Å². The van der Waals surface area contributed by atoms with Gasteiger partial charge in [0, 0.05) is 18.5 Å². The third-order valence-electron chi connectivity index (χ3n) is 3.63. The van der Waals surface area contributed by atoms with Crippen molar-refractivity contribution in [2.45, 2.75) is 64.8 Å². The van der Waals surface area contributed by atoms with Crippen molar-refractivity contribution in [3.63, 3.8) is 0 Å². The normalized spacial score (nSPS) is 25.6. The number of nitrogens with two attached hydrogens (primary N) is 1. The summed E-state index contributed by atoms with van der Waals surface area (Å²) in [7, 11) is 0. The second-order valence-corrected chi connectivity index (χ2v) is 6.43. The average molecular weight is 240 g/mol. The molecule has 3 N–H and O–H groups in total. The Balaban J connectivity index is 2.15. The minimum atomic E-state index is -0.239. The highest BCUT2D eigenvalue weighted by atomic mass is 16.1. The van der Waals surface area contributed by atoms with Gasteiger partial charge in [-0.3, -0.25) is 4.79 Å². The molecule has 0 aliphatic heterocycles. The molecule has 2 atom stereocenters. The van der Waals surface area contributed by atoms with Gasteiger partial charge in [-0.15, -0.1) is 0 Å². The Morgan fingerprint density at radius 3 is 2.71 bits per heavy atom. The third-order valence-corrected chi connectivity index (χ3v) is 3.63. The van der Waals surface area contributed by atoms with E-state index in [1.54, 1.807) is 0 Å². The molecule has 0 aromatic rings. The maximum atomic E-state index is 11.6. The standard InChI is InChI=1S/C14H28N2O/c1-11-5-4-6-12(9-11)10-16-13(17)7-8-14(2,3)15/h11-12H,4-10,15H2,1-3H3,(H,16,17). The van der Waals surface area contributed by atoms with Crippen LogP contribution in [-0.2, 0) is 4.79 Å². The van der Waals surface area contributed by atoms with Gasteiger partial charge in [-0.1, -0.05) is 19.8 Å². The second-order valence-electron chi connectivity index (χ2n) is 6.43. The first-order valence-corrected chi connectivity index (χ1v) is 6.92. The highest BCUT2D eigenvalue weighted by molar-refractivity contribution is 5.75. The van der Waals surface area contributed by atoms with Crippen LogP contribution in [0.2, 0.25) is 0 Å². The largest absolute Gasteiger partial charge is 0.356 e. The van der Waals surface area contributed by atoms with Crippen molar-refractivity contribution in [2.24, 2.45) is 17.6 Å². The molecule has 1 aliphatic carbocycles. The monoisotopic (exact) mass is 240 g/mol. The highest BCUT2D eigenvalue weighted by Crippen LogP contribution is 2.27. The number of hydrogen-bond donors (Lipinski definition) is 2. The van der Waals surface area contributed by atoms with E-state index >= 15 is 0 Å². The first kappa shape index (κ1) is 14.5. The number of carbonyl (C=O) groups is 1. The van der Waals surface area contributed by atoms with Gasteiger partial charge >= 0.3 is 0 Å². The Morgan fingerprint density at radius 2 is 2.12 bits per heavy atom. The zero-order valence-electron chi connectivity index (χ0n) is 11.6. The van der Waals surface area contributed by atoms with Crippen LogP contribution in [0.5, 0.6) is 0 Å². The summed E-state index contributed by atoms with van der Waals surface area (Å²) < 4.78 is 0. The summed E-state index contributed by atoms with van der Waals surface area (Å²) in [5, 5.41) is 3.05. The van der Waals surface area contributed by atoms with Crippen LogP contribution in [0.1, 0.15) is 59.3 Å². The van der Waals surface area contributed by atoms with Crippen LogP contribution >= 0.6 is 0 Å². The molecule has 0 bridgehead atoms. The molecule has 3 nitrogen and oxygen atoms in total. The minimum Gasteiger partial charge on any atom is -0.356 e. The highest BCUT2D eigenvalue weighted by Gasteiger charge is 2.19. The Hall–Kier alpha value is -0.570. The van der Waals surface area contributed by atoms with Gasteiger partial charge in [0.2, 0.25) is 5.91 Å². The summed E-state index contributed by atoms with van der Waals surface area (Å²) in [6, 6.07) is 0. The lowest BCUT2D eigenvalue weighted by Crippen LogP contribution is -2.36. The smallest absolute Gasteiger partial charge is 0.220 e. The molecule has 0 saturated heterocycles. The Bertz CT molecular complexity index is 245. The van der Waals surface area contributed by atoms with Crippen molar-refractivity contribution in [1.82, 2.24) is 5.32 Å². The number of nitrogens with one attached hydrogen (secondary N) is 1. The van der Waals surface area contributed by atoms with Crippen LogP contribution in [0.4, 0.5) is 0 Å². The van der Waals surface area contributed by atoms with Crippen molar-refractivity contribution < 1.29 is 4.79 Å². The summed E-state index contributed by atoms with van der Waals surface area (Å²) in [6.07, 6.45) is 6.50. The second kappa shape index (κ2) is 6.39. The van der Waals surface area contributed by atoms with E-state index in [0.717, 1.165) is 18.9 Å². The molecule has 0 aromatic carbocycles.